The number of carbonyl (C=O) groups excluding carboxylic acids is 1. The van der Waals surface area contributed by atoms with Crippen LogP contribution in [-0.2, 0) is 63.3 Å². The normalized spacial score (nSPS) is 12.5. The second kappa shape index (κ2) is 26.5. The number of carboxylic acids is 2. The molecule has 42 heteroatoms. The minimum absolute atomic E-state index is 0.0126. The van der Waals surface area contributed by atoms with Gasteiger partial charge in [0.1, 0.15) is 48.8 Å². The molecule has 0 unspecified atom stereocenters. The van der Waals surface area contributed by atoms with Crippen LogP contribution in [0, 0.1) is 0 Å². The maximum atomic E-state index is 13.2. The summed E-state index contributed by atoms with van der Waals surface area (Å²) >= 11 is 0.704. The molecule has 0 saturated carbocycles. The number of aromatic carboxylic acids is 2. The van der Waals surface area contributed by atoms with Crippen molar-refractivity contribution in [2.24, 2.45) is 40.9 Å². The zero-order valence-corrected chi connectivity index (χ0v) is 47.7. The fraction of sp³-hybridized carbons (Fsp3) is 0.0217. The molecule has 8 aromatic rings. The van der Waals surface area contributed by atoms with Crippen LogP contribution in [0.15, 0.2) is 161 Å². The van der Waals surface area contributed by atoms with E-state index in [9.17, 15) is 78.8 Å². The molecule has 0 aromatic heterocycles. The van der Waals surface area contributed by atoms with E-state index >= 15 is 0 Å². The van der Waals surface area contributed by atoms with E-state index < -0.39 is 146 Å². The Kier molecular flexibility index (Phi) is 19.6. The lowest BCUT2D eigenvalue weighted by Crippen LogP contribution is -2.05. The van der Waals surface area contributed by atoms with Crippen LogP contribution in [0.2, 0.25) is 0 Å². The first-order valence-electron chi connectivity index (χ1n) is 22.9. The maximum Gasteiger partial charge on any atom is 0.335 e. The first kappa shape index (κ1) is 65.0. The number of hydrogen-bond acceptors (Lipinski definition) is 33. The van der Waals surface area contributed by atoms with Crippen molar-refractivity contribution in [3.63, 3.8) is 0 Å². The van der Waals surface area contributed by atoms with E-state index in [-0.39, 0.29) is 73.1 Å². The van der Waals surface area contributed by atoms with Gasteiger partial charge in [0.05, 0.1) is 84.4 Å². The standard InChI is InChI=1S/C46H32N10O26S6/c1-17(57)48-21-3-7-31(83-80-77-65)29(13-21)52-56-40-35(87(71,72)73)15-26-25(42(40)59)5-6-28(44(26)88(74,75)76)51-53-30-16-34(86(68,69)70)27-14-33(85-82-79-67)39(43(60)36(27)37(30)47)55-49-22-2-4-24-18(9-22)12-32(84-81-78-66)38(41(24)58)54-50-23-10-19(45(61)62)8-20(11-23)46(63)64/h2-16,58-60,65-67H,47H2,1H3,(H,48,57)(H,61,62)(H,63,64)(H,68,69,70)(H,71,72,73)(H,74,75,76). The number of phenols is 3. The molecule has 0 radical (unpaired) electrons. The fourth-order valence-corrected chi connectivity index (χ4v) is 11.6. The number of anilines is 2. The number of carboxylic acid groups (broad SMARTS) is 2. The largest absolute Gasteiger partial charge is 0.505 e. The van der Waals surface area contributed by atoms with E-state index in [1.807, 2.05) is 0 Å². The monoisotopic (exact) mass is 1330 g/mol. The Bertz CT molecular complexity index is 4680. The van der Waals surface area contributed by atoms with Crippen LogP contribution in [0.25, 0.3) is 32.3 Å². The summed E-state index contributed by atoms with van der Waals surface area (Å²) in [7, 11) is -16.6. The van der Waals surface area contributed by atoms with Crippen LogP contribution in [0.5, 0.6) is 17.2 Å². The van der Waals surface area contributed by atoms with Crippen molar-refractivity contribution >= 4 is 174 Å². The number of fused-ring (bicyclic) bond motifs is 3. The molecule has 0 aliphatic rings. The quantitative estimate of drug-likeness (QED) is 0.00706. The summed E-state index contributed by atoms with van der Waals surface area (Å²) in [4.78, 5) is 30.7. The van der Waals surface area contributed by atoms with E-state index in [0.717, 1.165) is 36.4 Å². The number of phenolic OH excluding ortho intramolecular Hbond substituents is 3. The lowest BCUT2D eigenvalue weighted by atomic mass is 10.0. The van der Waals surface area contributed by atoms with Gasteiger partial charge in [-0.2, -0.15) is 35.5 Å². The Morgan fingerprint density at radius 3 is 1.60 bits per heavy atom. The van der Waals surface area contributed by atoms with Gasteiger partial charge in [-0.3, -0.25) is 18.5 Å². The summed E-state index contributed by atoms with van der Waals surface area (Å²) in [5.74, 6) is -6.41. The number of azo groups is 4. The zero-order chi connectivity index (χ0) is 64.2. The lowest BCUT2D eigenvalue weighted by Gasteiger charge is -2.15. The highest BCUT2D eigenvalue weighted by molar-refractivity contribution is 7.95. The topological polar surface area (TPSA) is 568 Å². The molecule has 0 saturated heterocycles. The molecule has 36 nitrogen and oxygen atoms in total. The third kappa shape index (κ3) is 14.3. The summed E-state index contributed by atoms with van der Waals surface area (Å²) in [5.41, 5.74) is 0.541. The van der Waals surface area contributed by atoms with Crippen LogP contribution in [0.4, 0.5) is 56.9 Å². The number of nitrogens with zero attached hydrogens (tertiary/aromatic N) is 8. The average Bonchev–Trinajstić information content (AvgIpc) is 0.825. The summed E-state index contributed by atoms with van der Waals surface area (Å²) in [6.45, 7) is 1.17. The molecule has 0 fully saturated rings. The summed E-state index contributed by atoms with van der Waals surface area (Å²) in [6, 6.07) is 15.3. The molecule has 1 amide bonds. The Labute approximate surface area is 501 Å². The van der Waals surface area contributed by atoms with Gasteiger partial charge in [-0.15, -0.1) is 43.7 Å². The van der Waals surface area contributed by atoms with Crippen molar-refractivity contribution in [2.45, 2.75) is 36.3 Å². The van der Waals surface area contributed by atoms with E-state index in [0.29, 0.717) is 24.2 Å². The number of aromatic hydroxyl groups is 3. The van der Waals surface area contributed by atoms with Crippen LogP contribution >= 0.6 is 36.1 Å². The number of benzene rings is 8. The van der Waals surface area contributed by atoms with Gasteiger partial charge >= 0.3 is 11.9 Å². The number of nitrogen functional groups attached to an aromatic ring is 1. The number of carbonyl (C=O) groups is 3. The molecule has 0 heterocycles. The molecule has 8 aromatic carbocycles. The maximum absolute atomic E-state index is 13.2. The molecule has 0 aliphatic heterocycles. The Morgan fingerprint density at radius 1 is 0.489 bits per heavy atom. The molecular weight excluding hydrogens is 1300 g/mol. The SMILES string of the molecule is CC(=O)Nc1ccc(SOOO)c(N=Nc2c(S(=O)(=O)O)cc3c(S(=O)(=O)O)c(N=Nc4cc(S(=O)(=O)O)c5cc(SOOO)c(N=Nc6ccc7c(O)c(N=Nc8cc(C(=O)O)cc(C(=O)O)c8)c(SOOO)cc7c6)c(O)c5c4N)ccc3c2O)c1. The second-order valence-electron chi connectivity index (χ2n) is 17.0. The van der Waals surface area contributed by atoms with Gasteiger partial charge in [0.2, 0.25) is 5.91 Å². The number of hydrogen-bond donors (Lipinski definition) is 13. The van der Waals surface area contributed by atoms with Crippen LogP contribution < -0.4 is 11.1 Å². The van der Waals surface area contributed by atoms with Crippen LogP contribution in [0.3, 0.4) is 0 Å². The molecule has 8 rings (SSSR count). The predicted octanol–water partition coefficient (Wildman–Crippen LogP) is 11.9. The highest BCUT2D eigenvalue weighted by atomic mass is 32.2. The number of amides is 1. The van der Waals surface area contributed by atoms with Crippen molar-refractivity contribution in [3.05, 3.63) is 102 Å². The van der Waals surface area contributed by atoms with Crippen molar-refractivity contribution < 1.29 is 123 Å². The molecule has 0 atom stereocenters. The van der Waals surface area contributed by atoms with Crippen molar-refractivity contribution in [1.82, 2.24) is 0 Å². The lowest BCUT2D eigenvalue weighted by molar-refractivity contribution is -0.432. The first-order valence-corrected chi connectivity index (χ1v) is 29.4. The highest BCUT2D eigenvalue weighted by Gasteiger charge is 2.30. The van der Waals surface area contributed by atoms with Gasteiger partial charge in [0.25, 0.3) is 30.4 Å². The van der Waals surface area contributed by atoms with Gasteiger partial charge in [0, 0.05) is 34.2 Å². The Morgan fingerprint density at radius 2 is 1.02 bits per heavy atom. The van der Waals surface area contributed by atoms with E-state index in [1.54, 1.807) is 0 Å². The smallest absolute Gasteiger partial charge is 0.335 e. The van der Waals surface area contributed by atoms with Gasteiger partial charge in [-0.05, 0) is 96.4 Å². The van der Waals surface area contributed by atoms with Crippen LogP contribution in [-0.4, -0.2) is 98.1 Å². The highest BCUT2D eigenvalue weighted by Crippen LogP contribution is 2.52. The minimum Gasteiger partial charge on any atom is -0.505 e. The molecule has 0 bridgehead atoms. The molecule has 0 spiro atoms. The van der Waals surface area contributed by atoms with Crippen molar-refractivity contribution in [3.8, 4) is 17.2 Å². The molecular formula is C46H32N10O26S6. The molecule has 458 valence electrons. The van der Waals surface area contributed by atoms with E-state index in [1.165, 1.54) is 49.4 Å². The summed E-state index contributed by atoms with van der Waals surface area (Å²) in [6.07, 6.45) is 0. The average molecular weight is 1330 g/mol. The van der Waals surface area contributed by atoms with Crippen molar-refractivity contribution in [1.29, 1.82) is 0 Å². The summed E-state index contributed by atoms with van der Waals surface area (Å²) < 4.78 is 123. The van der Waals surface area contributed by atoms with E-state index in [4.69, 9.17) is 21.5 Å². The van der Waals surface area contributed by atoms with Gasteiger partial charge < -0.3 is 36.6 Å². The number of nitrogens with two attached hydrogens (primary N) is 1. The second-order valence-corrected chi connectivity index (χ2v) is 23.4. The molecule has 0 aliphatic carbocycles. The Hall–Kier alpha value is -9.03. The Balaban J connectivity index is 1.24. The van der Waals surface area contributed by atoms with Gasteiger partial charge in [0.15, 0.2) is 17.2 Å². The number of rotatable bonds is 23. The molecule has 88 heavy (non-hydrogen) atoms. The van der Waals surface area contributed by atoms with Gasteiger partial charge in [-0.25, -0.2) is 25.4 Å². The zero-order valence-electron chi connectivity index (χ0n) is 42.8. The third-order valence-electron chi connectivity index (χ3n) is 11.5. The number of nitrogens with one attached hydrogen (secondary N) is 1. The summed E-state index contributed by atoms with van der Waals surface area (Å²) in [5, 5.41) is 122. The van der Waals surface area contributed by atoms with Crippen LogP contribution in [0.1, 0.15) is 27.6 Å². The first-order chi connectivity index (χ1) is 41.5. The van der Waals surface area contributed by atoms with E-state index in [2.05, 4.69) is 74.3 Å². The molecule has 14 N–H and O–H groups in total. The predicted molar refractivity (Wildman–Crippen MR) is 300 cm³/mol. The third-order valence-corrected chi connectivity index (χ3v) is 16.1. The minimum atomic E-state index is -5.63. The fourth-order valence-electron chi connectivity index (χ4n) is 8.00. The van der Waals surface area contributed by atoms with Crippen molar-refractivity contribution in [2.75, 3.05) is 11.1 Å². The van der Waals surface area contributed by atoms with Gasteiger partial charge in [-0.1, -0.05) is 15.1 Å².